The van der Waals surface area contributed by atoms with E-state index < -0.39 is 0 Å². The Bertz CT molecular complexity index is 688. The number of hydrogen-bond acceptors (Lipinski definition) is 5. The quantitative estimate of drug-likeness (QED) is 0.755. The molecule has 8 nitrogen and oxygen atoms in total. The van der Waals surface area contributed by atoms with E-state index in [1.165, 1.54) is 0 Å². The van der Waals surface area contributed by atoms with Crippen LogP contribution in [-0.2, 0) is 17.8 Å². The first-order chi connectivity index (χ1) is 13.6. The minimum atomic E-state index is -0.0986. The molecule has 1 aromatic rings. The monoisotopic (exact) mass is 388 g/mol. The highest BCUT2D eigenvalue weighted by Crippen LogP contribution is 2.25. The predicted molar refractivity (Wildman–Crippen MR) is 106 cm³/mol. The fourth-order valence-corrected chi connectivity index (χ4v) is 4.66. The number of fused-ring (bicyclic) bond motifs is 1. The summed E-state index contributed by atoms with van der Waals surface area (Å²) < 4.78 is 2.08. The summed E-state index contributed by atoms with van der Waals surface area (Å²) in [5.74, 6) is 1.17. The van der Waals surface area contributed by atoms with Gasteiger partial charge in [0.2, 0.25) is 5.91 Å². The van der Waals surface area contributed by atoms with Gasteiger partial charge in [0.25, 0.3) is 5.91 Å². The lowest BCUT2D eigenvalue weighted by atomic mass is 10.1. The number of carbonyl (C=O) groups excluding carboxylic acids is 2. The number of likely N-dealkylation sites (N-methyl/N-ethyl adjacent to an activating group) is 1. The summed E-state index contributed by atoms with van der Waals surface area (Å²) in [5.41, 5.74) is 0.512. The van der Waals surface area contributed by atoms with Crippen LogP contribution in [0.15, 0.2) is 6.20 Å². The maximum Gasteiger partial charge on any atom is 0.271 e. The molecule has 3 aliphatic rings. The van der Waals surface area contributed by atoms with Crippen molar-refractivity contribution < 1.29 is 9.59 Å². The summed E-state index contributed by atoms with van der Waals surface area (Å²) in [6.45, 7) is 5.11. The molecule has 0 saturated carbocycles. The third-order valence-corrected chi connectivity index (χ3v) is 6.50. The Hall–Kier alpha value is -1.93. The van der Waals surface area contributed by atoms with E-state index in [4.69, 9.17) is 0 Å². The lowest BCUT2D eigenvalue weighted by Crippen LogP contribution is -2.42. The van der Waals surface area contributed by atoms with E-state index in [0.717, 1.165) is 70.7 Å². The maximum atomic E-state index is 12.6. The van der Waals surface area contributed by atoms with Crippen molar-refractivity contribution in [3.63, 3.8) is 0 Å². The second kappa shape index (κ2) is 8.61. The fourth-order valence-electron chi connectivity index (χ4n) is 4.66. The number of carbonyl (C=O) groups is 2. The molecule has 0 aliphatic carbocycles. The van der Waals surface area contributed by atoms with Gasteiger partial charge in [0.15, 0.2) is 0 Å². The van der Waals surface area contributed by atoms with E-state index in [-0.39, 0.29) is 23.9 Å². The van der Waals surface area contributed by atoms with Gasteiger partial charge < -0.3 is 20.1 Å². The van der Waals surface area contributed by atoms with Crippen LogP contribution in [0.4, 0.5) is 0 Å². The molecule has 2 N–H and O–H groups in total. The standard InChI is InChI=1S/C20H32N6O2/c1-24-15(12-19(27)25-9-2-3-10-25)4-5-16(24)13-22-20(28)17-14-26-11-8-21-7-6-18(26)23-17/h14-16,21H,2-13H2,1H3,(H,22,28)/t15-,16+/m1/s1. The minimum absolute atomic E-state index is 0.0986. The molecule has 4 rings (SSSR count). The molecule has 0 aromatic carbocycles. The smallest absolute Gasteiger partial charge is 0.271 e. The van der Waals surface area contributed by atoms with Gasteiger partial charge in [-0.25, -0.2) is 4.98 Å². The number of aromatic nitrogens is 2. The van der Waals surface area contributed by atoms with E-state index in [1.807, 2.05) is 11.1 Å². The number of hydrogen-bond donors (Lipinski definition) is 2. The van der Waals surface area contributed by atoms with Gasteiger partial charge in [-0.1, -0.05) is 0 Å². The molecule has 2 fully saturated rings. The number of nitrogens with zero attached hydrogens (tertiary/aromatic N) is 4. The number of likely N-dealkylation sites (tertiary alicyclic amines) is 2. The van der Waals surface area contributed by atoms with Crippen molar-refractivity contribution in [3.05, 3.63) is 17.7 Å². The number of amides is 2. The highest BCUT2D eigenvalue weighted by Gasteiger charge is 2.33. The van der Waals surface area contributed by atoms with Crippen LogP contribution in [-0.4, -0.2) is 83.0 Å². The zero-order valence-electron chi connectivity index (χ0n) is 16.8. The van der Waals surface area contributed by atoms with Crippen molar-refractivity contribution in [3.8, 4) is 0 Å². The molecule has 28 heavy (non-hydrogen) atoms. The van der Waals surface area contributed by atoms with Gasteiger partial charge >= 0.3 is 0 Å². The Morgan fingerprint density at radius 1 is 1.18 bits per heavy atom. The minimum Gasteiger partial charge on any atom is -0.349 e. The zero-order valence-corrected chi connectivity index (χ0v) is 16.8. The van der Waals surface area contributed by atoms with E-state index in [1.54, 1.807) is 0 Å². The molecule has 0 unspecified atom stereocenters. The fraction of sp³-hybridized carbons (Fsp3) is 0.750. The molecule has 4 heterocycles. The molecule has 0 spiro atoms. The average molecular weight is 389 g/mol. The van der Waals surface area contributed by atoms with Crippen LogP contribution in [0.2, 0.25) is 0 Å². The van der Waals surface area contributed by atoms with Gasteiger partial charge in [-0.15, -0.1) is 0 Å². The van der Waals surface area contributed by atoms with Crippen molar-refractivity contribution in [2.45, 2.75) is 57.2 Å². The predicted octanol–water partition coefficient (Wildman–Crippen LogP) is 0.234. The number of imidazole rings is 1. The first kappa shape index (κ1) is 19.4. The summed E-state index contributed by atoms with van der Waals surface area (Å²) >= 11 is 0. The van der Waals surface area contributed by atoms with Crippen molar-refractivity contribution in [1.82, 2.24) is 30.0 Å². The van der Waals surface area contributed by atoms with Gasteiger partial charge in [-0.3, -0.25) is 14.5 Å². The Labute approximate surface area is 166 Å². The van der Waals surface area contributed by atoms with E-state index in [9.17, 15) is 9.59 Å². The normalized spacial score (nSPS) is 25.5. The molecular weight excluding hydrogens is 356 g/mol. The van der Waals surface area contributed by atoms with Crippen LogP contribution in [0.3, 0.4) is 0 Å². The van der Waals surface area contributed by atoms with Crippen molar-refractivity contribution in [2.24, 2.45) is 0 Å². The maximum absolute atomic E-state index is 12.6. The molecule has 3 aliphatic heterocycles. The molecule has 2 atom stereocenters. The lowest BCUT2D eigenvalue weighted by molar-refractivity contribution is -0.131. The molecular formula is C20H32N6O2. The molecule has 0 radical (unpaired) electrons. The Balaban J connectivity index is 1.26. The van der Waals surface area contributed by atoms with Gasteiger partial charge in [0.05, 0.1) is 0 Å². The highest BCUT2D eigenvalue weighted by atomic mass is 16.2. The van der Waals surface area contributed by atoms with Crippen LogP contribution in [0.1, 0.15) is 48.4 Å². The number of rotatable bonds is 5. The van der Waals surface area contributed by atoms with Gasteiger partial charge in [0.1, 0.15) is 11.5 Å². The topological polar surface area (TPSA) is 82.5 Å². The summed E-state index contributed by atoms with van der Waals surface area (Å²) in [7, 11) is 2.08. The van der Waals surface area contributed by atoms with E-state index >= 15 is 0 Å². The van der Waals surface area contributed by atoms with Crippen molar-refractivity contribution >= 4 is 11.8 Å². The second-order valence-electron chi connectivity index (χ2n) is 8.29. The van der Waals surface area contributed by atoms with Crippen LogP contribution < -0.4 is 10.6 Å². The SMILES string of the molecule is CN1[C@@H](CC(=O)N2CCCC2)CC[C@H]1CNC(=O)c1cn2c(n1)CCNCC2. The van der Waals surface area contributed by atoms with E-state index in [0.29, 0.717) is 18.7 Å². The van der Waals surface area contributed by atoms with Crippen LogP contribution in [0.25, 0.3) is 0 Å². The van der Waals surface area contributed by atoms with Crippen molar-refractivity contribution in [2.75, 3.05) is 39.8 Å². The summed E-state index contributed by atoms with van der Waals surface area (Å²) in [5, 5.41) is 6.40. The van der Waals surface area contributed by atoms with E-state index in [2.05, 4.69) is 32.1 Å². The lowest BCUT2D eigenvalue weighted by Gasteiger charge is -2.27. The molecule has 2 amide bonds. The van der Waals surface area contributed by atoms with Crippen LogP contribution >= 0.6 is 0 Å². The van der Waals surface area contributed by atoms with Crippen LogP contribution in [0, 0.1) is 0 Å². The number of nitrogens with one attached hydrogen (secondary N) is 2. The average Bonchev–Trinajstić information content (AvgIpc) is 3.40. The molecule has 154 valence electrons. The van der Waals surface area contributed by atoms with Crippen molar-refractivity contribution in [1.29, 1.82) is 0 Å². The molecule has 0 bridgehead atoms. The largest absolute Gasteiger partial charge is 0.349 e. The summed E-state index contributed by atoms with van der Waals surface area (Å²) in [4.78, 5) is 33.8. The summed E-state index contributed by atoms with van der Waals surface area (Å²) in [6.07, 6.45) is 7.62. The highest BCUT2D eigenvalue weighted by molar-refractivity contribution is 5.92. The second-order valence-corrected chi connectivity index (χ2v) is 8.29. The third-order valence-electron chi connectivity index (χ3n) is 6.50. The first-order valence-electron chi connectivity index (χ1n) is 10.7. The van der Waals surface area contributed by atoms with Gasteiger partial charge in [0, 0.05) is 70.4 Å². The Kier molecular flexibility index (Phi) is 5.96. The van der Waals surface area contributed by atoms with Crippen LogP contribution in [0.5, 0.6) is 0 Å². The summed E-state index contributed by atoms with van der Waals surface area (Å²) in [6, 6.07) is 0.566. The first-order valence-corrected chi connectivity index (χ1v) is 10.7. The molecule has 1 aromatic heterocycles. The Morgan fingerprint density at radius 3 is 2.79 bits per heavy atom. The van der Waals surface area contributed by atoms with Gasteiger partial charge in [-0.05, 0) is 32.7 Å². The zero-order chi connectivity index (χ0) is 19.5. The molecule has 8 heteroatoms. The molecule has 2 saturated heterocycles. The van der Waals surface area contributed by atoms with Gasteiger partial charge in [-0.2, -0.15) is 0 Å². The Morgan fingerprint density at radius 2 is 1.96 bits per heavy atom. The third kappa shape index (κ3) is 4.22.